The average Bonchev–Trinajstić information content (AvgIpc) is 2.43. The number of likely N-dealkylation sites (N-methyl/N-ethyl adjacent to an activating group) is 1. The molecule has 1 aliphatic heterocycles. The number of rotatable bonds is 3. The first kappa shape index (κ1) is 12.6. The maximum Gasteiger partial charge on any atom is 0.269 e. The molecule has 1 heterocycles. The van der Waals surface area contributed by atoms with Gasteiger partial charge in [-0.05, 0) is 17.7 Å². The fourth-order valence-electron chi connectivity index (χ4n) is 1.69. The van der Waals surface area contributed by atoms with Crippen LogP contribution in [0.5, 0.6) is 5.75 Å². The highest BCUT2D eigenvalue weighted by molar-refractivity contribution is 5.91. The highest BCUT2D eigenvalue weighted by atomic mass is 17.2. The topological polar surface area (TPSA) is 48.0 Å². The van der Waals surface area contributed by atoms with Crippen molar-refractivity contribution in [3.63, 3.8) is 0 Å². The van der Waals surface area contributed by atoms with Gasteiger partial charge in [-0.1, -0.05) is 12.1 Å². The second kappa shape index (κ2) is 5.66. The van der Waals surface area contributed by atoms with Crippen molar-refractivity contribution in [3.05, 3.63) is 35.4 Å². The van der Waals surface area contributed by atoms with Gasteiger partial charge in [-0.3, -0.25) is 9.63 Å². The number of hydrogen-bond donors (Lipinski definition) is 0. The molecule has 1 aromatic carbocycles. The minimum atomic E-state index is -0.219. The summed E-state index contributed by atoms with van der Waals surface area (Å²) in [7, 11) is 3.01. The van der Waals surface area contributed by atoms with Crippen molar-refractivity contribution in [3.8, 4) is 5.75 Å². The number of hydroxylamine groups is 2. The lowest BCUT2D eigenvalue weighted by Gasteiger charge is -2.17. The highest BCUT2D eigenvalue weighted by Gasteiger charge is 2.14. The van der Waals surface area contributed by atoms with Crippen LogP contribution in [-0.4, -0.2) is 31.7 Å². The lowest BCUT2D eigenvalue weighted by Crippen LogP contribution is -2.23. The molecule has 0 aliphatic carbocycles. The van der Waals surface area contributed by atoms with E-state index in [2.05, 4.69) is 0 Å². The molecule has 96 valence electrons. The van der Waals surface area contributed by atoms with E-state index >= 15 is 0 Å². The predicted molar refractivity (Wildman–Crippen MR) is 65.5 cm³/mol. The van der Waals surface area contributed by atoms with Gasteiger partial charge < -0.3 is 4.89 Å². The van der Waals surface area contributed by atoms with Crippen LogP contribution in [-0.2, 0) is 20.9 Å². The van der Waals surface area contributed by atoms with Crippen LogP contribution in [0.1, 0.15) is 11.1 Å². The highest BCUT2D eigenvalue weighted by Crippen LogP contribution is 2.27. The van der Waals surface area contributed by atoms with Gasteiger partial charge in [-0.25, -0.2) is 5.06 Å². The van der Waals surface area contributed by atoms with Gasteiger partial charge in [0.15, 0.2) is 5.75 Å². The summed E-state index contributed by atoms with van der Waals surface area (Å²) in [4.78, 5) is 26.4. The molecule has 0 N–H and O–H groups in total. The van der Waals surface area contributed by atoms with Gasteiger partial charge in [-0.2, -0.15) is 4.89 Å². The summed E-state index contributed by atoms with van der Waals surface area (Å²) in [5, 5.41) is 1.16. The van der Waals surface area contributed by atoms with Crippen LogP contribution >= 0.6 is 0 Å². The van der Waals surface area contributed by atoms with E-state index in [0.717, 1.165) is 22.6 Å². The number of amides is 1. The van der Waals surface area contributed by atoms with E-state index in [1.807, 2.05) is 18.2 Å². The van der Waals surface area contributed by atoms with E-state index in [0.29, 0.717) is 12.4 Å². The minimum Gasteiger partial charge on any atom is -0.337 e. The normalized spacial score (nSPS) is 14.1. The summed E-state index contributed by atoms with van der Waals surface area (Å²) in [5.74, 6) is 0.485. The van der Waals surface area contributed by atoms with Gasteiger partial charge in [0.1, 0.15) is 0 Å². The molecule has 1 aromatic rings. The monoisotopic (exact) mass is 249 g/mol. The Morgan fingerprint density at radius 1 is 1.50 bits per heavy atom. The third-order valence-corrected chi connectivity index (χ3v) is 2.74. The largest absolute Gasteiger partial charge is 0.337 e. The fourth-order valence-corrected chi connectivity index (χ4v) is 1.69. The van der Waals surface area contributed by atoms with Crippen molar-refractivity contribution < 1.29 is 19.4 Å². The second-order valence-electron chi connectivity index (χ2n) is 3.83. The molecule has 18 heavy (non-hydrogen) atoms. The zero-order chi connectivity index (χ0) is 13.0. The van der Waals surface area contributed by atoms with Crippen LogP contribution in [0.3, 0.4) is 0 Å². The molecule has 2 rings (SSSR count). The molecule has 0 radical (unpaired) electrons. The number of nitrogens with zero attached hydrogens (tertiary/aromatic N) is 1. The number of benzene rings is 1. The first-order valence-electron chi connectivity index (χ1n) is 5.63. The van der Waals surface area contributed by atoms with Crippen LogP contribution in [0.25, 0.3) is 6.08 Å². The zero-order valence-corrected chi connectivity index (χ0v) is 10.4. The Kier molecular flexibility index (Phi) is 3.96. The molecule has 0 unspecified atom stereocenters. The Morgan fingerprint density at radius 2 is 2.33 bits per heavy atom. The van der Waals surface area contributed by atoms with Crippen LogP contribution in [0.2, 0.25) is 0 Å². The van der Waals surface area contributed by atoms with Gasteiger partial charge in [0, 0.05) is 25.1 Å². The van der Waals surface area contributed by atoms with Crippen LogP contribution < -0.4 is 4.89 Å². The first-order chi connectivity index (χ1) is 8.72. The fraction of sp³-hybridized carbons (Fsp3) is 0.308. The van der Waals surface area contributed by atoms with Gasteiger partial charge >= 0.3 is 0 Å². The van der Waals surface area contributed by atoms with Crippen molar-refractivity contribution in [1.29, 1.82) is 0 Å². The summed E-state index contributed by atoms with van der Waals surface area (Å²) in [6.45, 7) is 0.518. The molecule has 0 saturated carbocycles. The molecular formula is C13H15NO4. The molecule has 0 spiro atoms. The molecule has 0 fully saturated rings. The van der Waals surface area contributed by atoms with Crippen molar-refractivity contribution in [2.75, 3.05) is 20.8 Å². The van der Waals surface area contributed by atoms with Crippen molar-refractivity contribution in [2.24, 2.45) is 0 Å². The average molecular weight is 249 g/mol. The number of carbonyl (C=O) groups is 1. The molecule has 1 amide bonds. The van der Waals surface area contributed by atoms with Gasteiger partial charge in [-0.15, -0.1) is 0 Å². The summed E-state index contributed by atoms with van der Waals surface area (Å²) >= 11 is 0. The van der Waals surface area contributed by atoms with Crippen LogP contribution in [0.4, 0.5) is 0 Å². The molecule has 5 nitrogen and oxygen atoms in total. The van der Waals surface area contributed by atoms with Crippen LogP contribution in [0, 0.1) is 0 Å². The number of carbonyl (C=O) groups excluding carboxylic acids is 1. The first-order valence-corrected chi connectivity index (χ1v) is 5.63. The standard InChI is InChI=1S/C13H15NO4/c1-14(16-2)13(15)7-6-10-4-3-5-12-11(10)8-9-17-18-12/h3-7H,8-9H2,1-2H3. The van der Waals surface area contributed by atoms with E-state index in [1.165, 1.54) is 13.2 Å². The van der Waals surface area contributed by atoms with E-state index in [-0.39, 0.29) is 5.91 Å². The third-order valence-electron chi connectivity index (χ3n) is 2.74. The van der Waals surface area contributed by atoms with E-state index in [4.69, 9.17) is 14.6 Å². The Bertz CT molecular complexity index is 470. The van der Waals surface area contributed by atoms with Crippen molar-refractivity contribution in [2.45, 2.75) is 6.42 Å². The summed E-state index contributed by atoms with van der Waals surface area (Å²) in [6.07, 6.45) is 3.99. The minimum absolute atomic E-state index is 0.219. The SMILES string of the molecule is CON(C)C(=O)C=Cc1cccc2c1CCOO2. The van der Waals surface area contributed by atoms with Gasteiger partial charge in [0.25, 0.3) is 5.91 Å². The van der Waals surface area contributed by atoms with Crippen molar-refractivity contribution in [1.82, 2.24) is 5.06 Å². The Labute approximate surface area is 105 Å². The van der Waals surface area contributed by atoms with E-state index < -0.39 is 0 Å². The molecule has 5 heteroatoms. The van der Waals surface area contributed by atoms with Gasteiger partial charge in [0.05, 0.1) is 13.7 Å². The quantitative estimate of drug-likeness (QED) is 0.463. The zero-order valence-electron chi connectivity index (χ0n) is 10.4. The van der Waals surface area contributed by atoms with Gasteiger partial charge in [0.2, 0.25) is 0 Å². The second-order valence-corrected chi connectivity index (χ2v) is 3.83. The summed E-state index contributed by atoms with van der Waals surface area (Å²) < 4.78 is 0. The van der Waals surface area contributed by atoms with Crippen LogP contribution in [0.15, 0.2) is 24.3 Å². The van der Waals surface area contributed by atoms with Crippen molar-refractivity contribution >= 4 is 12.0 Å². The lowest BCUT2D eigenvalue weighted by atomic mass is 10.0. The molecule has 0 aromatic heterocycles. The molecule has 0 bridgehead atoms. The van der Waals surface area contributed by atoms with E-state index in [1.54, 1.807) is 13.1 Å². The molecule has 0 saturated heterocycles. The third kappa shape index (κ3) is 2.69. The Hall–Kier alpha value is -1.85. The lowest BCUT2D eigenvalue weighted by molar-refractivity contribution is -0.215. The molecular weight excluding hydrogens is 234 g/mol. The Balaban J connectivity index is 2.19. The molecule has 1 aliphatic rings. The Morgan fingerprint density at radius 3 is 3.11 bits per heavy atom. The van der Waals surface area contributed by atoms with E-state index in [9.17, 15) is 4.79 Å². The summed E-state index contributed by atoms with van der Waals surface area (Å²) in [5.41, 5.74) is 2.00. The maximum absolute atomic E-state index is 11.6. The molecule has 0 atom stereocenters. The summed E-state index contributed by atoms with van der Waals surface area (Å²) in [6, 6.07) is 5.64. The number of hydrogen-bond acceptors (Lipinski definition) is 4. The predicted octanol–water partition coefficient (Wildman–Crippen LogP) is 1.59. The maximum atomic E-state index is 11.6. The smallest absolute Gasteiger partial charge is 0.269 e. The number of fused-ring (bicyclic) bond motifs is 1.